The Morgan fingerprint density at radius 1 is 0.818 bits per heavy atom. The number of benzene rings is 3. The lowest BCUT2D eigenvalue weighted by atomic mass is 10.1. The van der Waals surface area contributed by atoms with Gasteiger partial charge in [-0.1, -0.05) is 35.9 Å². The number of halogens is 1. The van der Waals surface area contributed by atoms with E-state index in [9.17, 15) is 9.59 Å². The van der Waals surface area contributed by atoms with Crippen LogP contribution in [-0.4, -0.2) is 21.6 Å². The number of hydrogen-bond donors (Lipinski definition) is 2. The molecule has 6 nitrogen and oxygen atoms in total. The zero-order chi connectivity index (χ0) is 23.0. The van der Waals surface area contributed by atoms with Gasteiger partial charge < -0.3 is 0 Å². The number of hydrogen-bond acceptors (Lipinski definition) is 4. The SMILES string of the molecule is O=C(NNC(=O)c1ccc(Cn2cccn2)cc1)c1ccc(CSc2ccc(Cl)cc2)cc1. The van der Waals surface area contributed by atoms with E-state index < -0.39 is 0 Å². The van der Waals surface area contributed by atoms with Gasteiger partial charge in [0.1, 0.15) is 0 Å². The van der Waals surface area contributed by atoms with Crippen LogP contribution in [0.1, 0.15) is 31.8 Å². The minimum absolute atomic E-state index is 0.379. The van der Waals surface area contributed by atoms with Crippen LogP contribution in [0.2, 0.25) is 5.02 Å². The fourth-order valence-corrected chi connectivity index (χ4v) is 4.03. The number of amides is 2. The molecule has 8 heteroatoms. The molecule has 0 aliphatic rings. The van der Waals surface area contributed by atoms with Crippen molar-refractivity contribution in [2.45, 2.75) is 17.2 Å². The second kappa shape index (κ2) is 10.8. The number of rotatable bonds is 7. The topological polar surface area (TPSA) is 76.0 Å². The predicted molar refractivity (Wildman–Crippen MR) is 130 cm³/mol. The molecule has 3 aromatic carbocycles. The van der Waals surface area contributed by atoms with E-state index >= 15 is 0 Å². The monoisotopic (exact) mass is 476 g/mol. The lowest BCUT2D eigenvalue weighted by molar-refractivity contribution is 0.0846. The van der Waals surface area contributed by atoms with Gasteiger partial charge in [-0.15, -0.1) is 11.8 Å². The molecule has 0 unspecified atom stereocenters. The standard InChI is InChI=1S/C25H21ClN4O2S/c26-22-10-12-23(13-11-22)33-17-19-4-8-21(9-5-19)25(32)29-28-24(31)20-6-2-18(3-7-20)16-30-15-1-14-27-30/h1-15H,16-17H2,(H,28,31)(H,29,32). The fourth-order valence-electron chi connectivity index (χ4n) is 3.05. The molecule has 2 N–H and O–H groups in total. The number of carbonyl (C=O) groups excluding carboxylic acids is 2. The second-order valence-corrected chi connectivity index (χ2v) is 8.73. The van der Waals surface area contributed by atoms with E-state index in [0.29, 0.717) is 22.7 Å². The van der Waals surface area contributed by atoms with E-state index in [1.54, 1.807) is 46.9 Å². The summed E-state index contributed by atoms with van der Waals surface area (Å²) in [5.41, 5.74) is 7.94. The van der Waals surface area contributed by atoms with Crippen LogP contribution in [0.25, 0.3) is 0 Å². The first-order valence-corrected chi connectivity index (χ1v) is 11.6. The van der Waals surface area contributed by atoms with Gasteiger partial charge in [-0.3, -0.25) is 25.1 Å². The van der Waals surface area contributed by atoms with Crippen LogP contribution in [0, 0.1) is 0 Å². The highest BCUT2D eigenvalue weighted by molar-refractivity contribution is 7.98. The molecule has 0 bridgehead atoms. The Labute approximate surface area is 200 Å². The summed E-state index contributed by atoms with van der Waals surface area (Å²) in [5.74, 6) is 0.0111. The molecule has 33 heavy (non-hydrogen) atoms. The van der Waals surface area contributed by atoms with Crippen molar-refractivity contribution in [1.82, 2.24) is 20.6 Å². The maximum absolute atomic E-state index is 12.4. The Kier molecular flexibility index (Phi) is 7.44. The average Bonchev–Trinajstić information content (AvgIpc) is 3.36. The third-order valence-electron chi connectivity index (χ3n) is 4.84. The molecule has 0 aliphatic heterocycles. The lowest BCUT2D eigenvalue weighted by Crippen LogP contribution is -2.41. The zero-order valence-corrected chi connectivity index (χ0v) is 19.1. The van der Waals surface area contributed by atoms with Crippen molar-refractivity contribution < 1.29 is 9.59 Å². The molecule has 0 fully saturated rings. The number of nitrogens with zero attached hydrogens (tertiary/aromatic N) is 2. The first-order chi connectivity index (χ1) is 16.1. The summed E-state index contributed by atoms with van der Waals surface area (Å²) in [6.07, 6.45) is 3.60. The number of nitrogens with one attached hydrogen (secondary N) is 2. The highest BCUT2D eigenvalue weighted by atomic mass is 35.5. The second-order valence-electron chi connectivity index (χ2n) is 7.25. The van der Waals surface area contributed by atoms with Crippen LogP contribution in [0.3, 0.4) is 0 Å². The van der Waals surface area contributed by atoms with Gasteiger partial charge in [0.05, 0.1) is 6.54 Å². The van der Waals surface area contributed by atoms with Crippen LogP contribution < -0.4 is 10.9 Å². The highest BCUT2D eigenvalue weighted by Gasteiger charge is 2.10. The van der Waals surface area contributed by atoms with E-state index in [0.717, 1.165) is 21.8 Å². The minimum Gasteiger partial charge on any atom is -0.268 e. The van der Waals surface area contributed by atoms with Gasteiger partial charge in [-0.25, -0.2) is 0 Å². The smallest absolute Gasteiger partial charge is 0.268 e. The molecule has 0 saturated heterocycles. The van der Waals surface area contributed by atoms with Crippen LogP contribution in [0.15, 0.2) is 96.2 Å². The minimum atomic E-state index is -0.384. The normalized spacial score (nSPS) is 10.6. The summed E-state index contributed by atoms with van der Waals surface area (Å²) < 4.78 is 1.80. The molecular formula is C25H21ClN4O2S. The predicted octanol–water partition coefficient (Wildman–Crippen LogP) is 4.95. The Bertz CT molecular complexity index is 1210. The van der Waals surface area contributed by atoms with E-state index in [4.69, 9.17) is 11.6 Å². The summed E-state index contributed by atoms with van der Waals surface area (Å²) in [4.78, 5) is 25.9. The molecule has 4 rings (SSSR count). The Morgan fingerprint density at radius 3 is 1.94 bits per heavy atom. The summed E-state index contributed by atoms with van der Waals surface area (Å²) in [7, 11) is 0. The van der Waals surface area contributed by atoms with E-state index in [2.05, 4.69) is 16.0 Å². The largest absolute Gasteiger partial charge is 0.269 e. The first kappa shape index (κ1) is 22.6. The number of thioether (sulfide) groups is 1. The van der Waals surface area contributed by atoms with Gasteiger partial charge >= 0.3 is 0 Å². The molecule has 166 valence electrons. The molecule has 1 heterocycles. The van der Waals surface area contributed by atoms with Crippen LogP contribution in [0.4, 0.5) is 0 Å². The average molecular weight is 477 g/mol. The van der Waals surface area contributed by atoms with Gasteiger partial charge in [0.25, 0.3) is 11.8 Å². The molecule has 0 spiro atoms. The van der Waals surface area contributed by atoms with Gasteiger partial charge in [-0.2, -0.15) is 5.10 Å². The van der Waals surface area contributed by atoms with Gasteiger partial charge in [-0.05, 0) is 65.7 Å². The highest BCUT2D eigenvalue weighted by Crippen LogP contribution is 2.24. The van der Waals surface area contributed by atoms with Crippen molar-refractivity contribution in [3.63, 3.8) is 0 Å². The van der Waals surface area contributed by atoms with Gasteiger partial charge in [0.2, 0.25) is 0 Å². The lowest BCUT2D eigenvalue weighted by Gasteiger charge is -2.09. The Morgan fingerprint density at radius 2 is 1.39 bits per heavy atom. The molecular weight excluding hydrogens is 456 g/mol. The number of hydrazine groups is 1. The third-order valence-corrected chi connectivity index (χ3v) is 6.18. The number of carbonyl (C=O) groups is 2. The van der Waals surface area contributed by atoms with E-state index in [-0.39, 0.29) is 11.8 Å². The molecule has 0 saturated carbocycles. The van der Waals surface area contributed by atoms with Crippen LogP contribution in [0.5, 0.6) is 0 Å². The van der Waals surface area contributed by atoms with E-state index in [1.165, 1.54) is 0 Å². The summed E-state index contributed by atoms with van der Waals surface area (Å²) in [6, 6.07) is 24.0. The molecule has 1 aromatic heterocycles. The molecule has 0 atom stereocenters. The summed E-state index contributed by atoms with van der Waals surface area (Å²) in [6.45, 7) is 0.625. The molecule has 2 amide bonds. The molecule has 0 radical (unpaired) electrons. The van der Waals surface area contributed by atoms with Crippen LogP contribution in [-0.2, 0) is 12.3 Å². The van der Waals surface area contributed by atoms with Gasteiger partial charge in [0.15, 0.2) is 0 Å². The summed E-state index contributed by atoms with van der Waals surface area (Å²) >= 11 is 7.60. The van der Waals surface area contributed by atoms with Crippen molar-refractivity contribution in [3.05, 3.63) is 119 Å². The Hall–Kier alpha value is -3.55. The maximum Gasteiger partial charge on any atom is 0.269 e. The molecule has 0 aliphatic carbocycles. The van der Waals surface area contributed by atoms with E-state index in [1.807, 2.05) is 60.8 Å². The maximum atomic E-state index is 12.4. The number of aromatic nitrogens is 2. The Balaban J connectivity index is 1.25. The van der Waals surface area contributed by atoms with Crippen molar-refractivity contribution in [2.75, 3.05) is 0 Å². The fraction of sp³-hybridized carbons (Fsp3) is 0.0800. The van der Waals surface area contributed by atoms with Crippen molar-refractivity contribution in [3.8, 4) is 0 Å². The molecule has 4 aromatic rings. The van der Waals surface area contributed by atoms with Crippen molar-refractivity contribution in [2.24, 2.45) is 0 Å². The quantitative estimate of drug-likeness (QED) is 0.292. The summed E-state index contributed by atoms with van der Waals surface area (Å²) in [5, 5.41) is 4.88. The zero-order valence-electron chi connectivity index (χ0n) is 17.6. The van der Waals surface area contributed by atoms with Crippen molar-refractivity contribution in [1.29, 1.82) is 0 Å². The van der Waals surface area contributed by atoms with Crippen LogP contribution >= 0.6 is 23.4 Å². The third kappa shape index (κ3) is 6.47. The first-order valence-electron chi connectivity index (χ1n) is 10.2. The van der Waals surface area contributed by atoms with Gasteiger partial charge in [0, 0.05) is 39.2 Å². The van der Waals surface area contributed by atoms with Crippen molar-refractivity contribution >= 4 is 35.2 Å².